The van der Waals surface area contributed by atoms with Crippen LogP contribution in [0.25, 0.3) is 0 Å². The lowest BCUT2D eigenvalue weighted by Gasteiger charge is -2.13. The molecule has 0 aliphatic heterocycles. The third-order valence-corrected chi connectivity index (χ3v) is 3.13. The van der Waals surface area contributed by atoms with Gasteiger partial charge in [-0.25, -0.2) is 0 Å². The highest BCUT2D eigenvalue weighted by Gasteiger charge is 2.07. The highest BCUT2D eigenvalue weighted by Crippen LogP contribution is 2.13. The number of hydrogen-bond acceptors (Lipinski definition) is 3. The molecule has 2 N–H and O–H groups in total. The van der Waals surface area contributed by atoms with Crippen molar-refractivity contribution in [3.8, 4) is 0 Å². The number of carbonyl (C=O) groups excluding carboxylic acids is 1. The molecule has 1 aromatic carbocycles. The first kappa shape index (κ1) is 14.5. The lowest BCUT2D eigenvalue weighted by molar-refractivity contribution is -0.115. The van der Waals surface area contributed by atoms with Crippen LogP contribution in [0.2, 0.25) is 5.02 Å². The van der Waals surface area contributed by atoms with Crippen LogP contribution in [-0.2, 0) is 4.79 Å². The molecule has 1 heterocycles. The van der Waals surface area contributed by atoms with Crippen molar-refractivity contribution in [2.75, 3.05) is 11.9 Å². The van der Waals surface area contributed by atoms with Crippen LogP contribution < -0.4 is 10.6 Å². The van der Waals surface area contributed by atoms with E-state index in [0.29, 0.717) is 5.02 Å². The fourth-order valence-electron chi connectivity index (χ4n) is 1.73. The molecule has 0 aliphatic rings. The number of anilines is 1. The SMILES string of the molecule is C[C@H](NCC(=O)Nc1ccc(Cl)cc1)c1cccnc1. The minimum atomic E-state index is -0.0944. The maximum absolute atomic E-state index is 11.8. The van der Waals surface area contributed by atoms with Crippen LogP contribution in [0.1, 0.15) is 18.5 Å². The molecule has 0 spiro atoms. The number of nitrogens with zero attached hydrogens (tertiary/aromatic N) is 1. The Morgan fingerprint density at radius 1 is 1.30 bits per heavy atom. The number of hydrogen-bond donors (Lipinski definition) is 2. The number of amides is 1. The van der Waals surface area contributed by atoms with Crippen molar-refractivity contribution in [1.29, 1.82) is 0 Å². The normalized spacial score (nSPS) is 11.9. The van der Waals surface area contributed by atoms with Crippen LogP contribution in [0.5, 0.6) is 0 Å². The van der Waals surface area contributed by atoms with Gasteiger partial charge in [0.25, 0.3) is 0 Å². The molecular formula is C15H16ClN3O. The van der Waals surface area contributed by atoms with Gasteiger partial charge in [-0.15, -0.1) is 0 Å². The minimum absolute atomic E-state index is 0.0691. The molecule has 0 aliphatic carbocycles. The van der Waals surface area contributed by atoms with Crippen molar-refractivity contribution in [3.05, 3.63) is 59.4 Å². The van der Waals surface area contributed by atoms with Gasteiger partial charge >= 0.3 is 0 Å². The minimum Gasteiger partial charge on any atom is -0.325 e. The van der Waals surface area contributed by atoms with Crippen LogP contribution in [0.4, 0.5) is 5.69 Å². The summed E-state index contributed by atoms with van der Waals surface area (Å²) in [6.45, 7) is 2.23. The van der Waals surface area contributed by atoms with Gasteiger partial charge < -0.3 is 10.6 Å². The van der Waals surface area contributed by atoms with Gasteiger partial charge in [-0.2, -0.15) is 0 Å². The fourth-order valence-corrected chi connectivity index (χ4v) is 1.86. The average molecular weight is 290 g/mol. The Morgan fingerprint density at radius 3 is 2.70 bits per heavy atom. The molecule has 104 valence electrons. The Morgan fingerprint density at radius 2 is 2.05 bits per heavy atom. The standard InChI is InChI=1S/C15H16ClN3O/c1-11(12-3-2-8-17-9-12)18-10-15(20)19-14-6-4-13(16)5-7-14/h2-9,11,18H,10H2,1H3,(H,19,20)/t11-/m0/s1. The Balaban J connectivity index is 1.82. The van der Waals surface area contributed by atoms with Crippen molar-refractivity contribution in [3.63, 3.8) is 0 Å². The number of rotatable bonds is 5. The molecular weight excluding hydrogens is 274 g/mol. The molecule has 0 radical (unpaired) electrons. The van der Waals surface area contributed by atoms with E-state index in [2.05, 4.69) is 15.6 Å². The van der Waals surface area contributed by atoms with E-state index in [4.69, 9.17) is 11.6 Å². The molecule has 1 amide bonds. The molecule has 0 saturated carbocycles. The van der Waals surface area contributed by atoms with E-state index in [0.717, 1.165) is 11.3 Å². The molecule has 0 unspecified atom stereocenters. The molecule has 2 rings (SSSR count). The monoisotopic (exact) mass is 289 g/mol. The highest BCUT2D eigenvalue weighted by molar-refractivity contribution is 6.30. The van der Waals surface area contributed by atoms with Gasteiger partial charge in [0, 0.05) is 29.1 Å². The summed E-state index contributed by atoms with van der Waals surface area (Å²) in [5, 5.41) is 6.60. The van der Waals surface area contributed by atoms with Crippen molar-refractivity contribution in [2.45, 2.75) is 13.0 Å². The van der Waals surface area contributed by atoms with E-state index in [1.54, 1.807) is 36.7 Å². The summed E-state index contributed by atoms with van der Waals surface area (Å²) in [6, 6.07) is 10.9. The second kappa shape index (κ2) is 7.03. The molecule has 4 nitrogen and oxygen atoms in total. The summed E-state index contributed by atoms with van der Waals surface area (Å²) in [5.41, 5.74) is 1.78. The van der Waals surface area contributed by atoms with E-state index >= 15 is 0 Å². The zero-order valence-electron chi connectivity index (χ0n) is 11.1. The predicted molar refractivity (Wildman–Crippen MR) is 80.7 cm³/mol. The van der Waals surface area contributed by atoms with Crippen LogP contribution in [0, 0.1) is 0 Å². The Kier molecular flexibility index (Phi) is 5.09. The number of benzene rings is 1. The molecule has 1 atom stereocenters. The Labute approximate surface area is 123 Å². The van der Waals surface area contributed by atoms with E-state index in [-0.39, 0.29) is 18.5 Å². The maximum Gasteiger partial charge on any atom is 0.238 e. The molecule has 1 aromatic heterocycles. The van der Waals surface area contributed by atoms with E-state index < -0.39 is 0 Å². The summed E-state index contributed by atoms with van der Waals surface area (Å²) in [7, 11) is 0. The number of pyridine rings is 1. The molecule has 0 bridgehead atoms. The van der Waals surface area contributed by atoms with Crippen LogP contribution in [0.15, 0.2) is 48.8 Å². The number of halogens is 1. The number of nitrogens with one attached hydrogen (secondary N) is 2. The van der Waals surface area contributed by atoms with Gasteiger partial charge in [0.15, 0.2) is 0 Å². The zero-order valence-corrected chi connectivity index (χ0v) is 11.9. The van der Waals surface area contributed by atoms with Gasteiger partial charge in [-0.3, -0.25) is 9.78 Å². The third kappa shape index (κ3) is 4.33. The van der Waals surface area contributed by atoms with Crippen LogP contribution >= 0.6 is 11.6 Å². The van der Waals surface area contributed by atoms with Gasteiger partial charge in [0.2, 0.25) is 5.91 Å². The first-order chi connectivity index (χ1) is 9.65. The van der Waals surface area contributed by atoms with Gasteiger partial charge in [-0.1, -0.05) is 17.7 Å². The van der Waals surface area contributed by atoms with Gasteiger partial charge in [-0.05, 0) is 42.8 Å². The summed E-state index contributed by atoms with van der Waals surface area (Å²) < 4.78 is 0. The second-order valence-corrected chi connectivity index (χ2v) is 4.88. The number of carbonyl (C=O) groups is 1. The Bertz CT molecular complexity index is 557. The van der Waals surface area contributed by atoms with E-state index in [1.807, 2.05) is 19.1 Å². The maximum atomic E-state index is 11.8. The van der Waals surface area contributed by atoms with Crippen LogP contribution in [0.3, 0.4) is 0 Å². The van der Waals surface area contributed by atoms with Crippen LogP contribution in [-0.4, -0.2) is 17.4 Å². The summed E-state index contributed by atoms with van der Waals surface area (Å²) in [6.07, 6.45) is 3.51. The summed E-state index contributed by atoms with van der Waals surface area (Å²) in [4.78, 5) is 15.9. The van der Waals surface area contributed by atoms with Crippen molar-refractivity contribution in [1.82, 2.24) is 10.3 Å². The smallest absolute Gasteiger partial charge is 0.238 e. The van der Waals surface area contributed by atoms with Gasteiger partial charge in [0.05, 0.1) is 6.54 Å². The summed E-state index contributed by atoms with van der Waals surface area (Å²) >= 11 is 5.79. The molecule has 5 heteroatoms. The lowest BCUT2D eigenvalue weighted by Crippen LogP contribution is -2.30. The first-order valence-electron chi connectivity index (χ1n) is 6.34. The fraction of sp³-hybridized carbons (Fsp3) is 0.200. The van der Waals surface area contributed by atoms with Crippen molar-refractivity contribution in [2.24, 2.45) is 0 Å². The summed E-state index contributed by atoms with van der Waals surface area (Å²) in [5.74, 6) is -0.0944. The molecule has 0 fully saturated rings. The zero-order chi connectivity index (χ0) is 14.4. The van der Waals surface area contributed by atoms with E-state index in [1.165, 1.54) is 0 Å². The van der Waals surface area contributed by atoms with E-state index in [9.17, 15) is 4.79 Å². The van der Waals surface area contributed by atoms with Crippen molar-refractivity contribution < 1.29 is 4.79 Å². The highest BCUT2D eigenvalue weighted by atomic mass is 35.5. The third-order valence-electron chi connectivity index (χ3n) is 2.88. The lowest BCUT2D eigenvalue weighted by atomic mass is 10.1. The largest absolute Gasteiger partial charge is 0.325 e. The topological polar surface area (TPSA) is 54.0 Å². The second-order valence-electron chi connectivity index (χ2n) is 4.44. The number of aromatic nitrogens is 1. The quantitative estimate of drug-likeness (QED) is 0.889. The first-order valence-corrected chi connectivity index (χ1v) is 6.71. The van der Waals surface area contributed by atoms with Gasteiger partial charge in [0.1, 0.15) is 0 Å². The molecule has 0 saturated heterocycles. The Hall–Kier alpha value is -1.91. The molecule has 2 aromatic rings. The molecule has 20 heavy (non-hydrogen) atoms. The van der Waals surface area contributed by atoms with Crippen molar-refractivity contribution >= 4 is 23.2 Å². The average Bonchev–Trinajstić information content (AvgIpc) is 2.48. The predicted octanol–water partition coefficient (Wildman–Crippen LogP) is 3.02.